The molecule has 7 heavy (non-hydrogen) atoms. The minimum atomic E-state index is 0.0417. The number of aliphatic hydroxyl groups is 1. The highest BCUT2D eigenvalue weighted by atomic mass is 16.3. The van der Waals surface area contributed by atoms with Crippen molar-refractivity contribution in [2.24, 2.45) is 4.99 Å². The van der Waals surface area contributed by atoms with Crippen LogP contribution in [-0.2, 0) is 0 Å². The molecule has 0 saturated carbocycles. The highest BCUT2D eigenvalue weighted by molar-refractivity contribution is 5.74. The Morgan fingerprint density at radius 1 is 1.71 bits per heavy atom. The first-order valence-corrected chi connectivity index (χ1v) is 2.24. The van der Waals surface area contributed by atoms with Gasteiger partial charge in [-0.2, -0.15) is 0 Å². The van der Waals surface area contributed by atoms with E-state index in [1.165, 1.54) is 0 Å². The van der Waals surface area contributed by atoms with Gasteiger partial charge >= 0.3 is 0 Å². The van der Waals surface area contributed by atoms with Crippen LogP contribution in [-0.4, -0.2) is 24.0 Å². The Morgan fingerprint density at radius 2 is 2.57 bits per heavy atom. The monoisotopic (exact) mass is 97.1 g/mol. The zero-order chi connectivity index (χ0) is 5.11. The Balaban J connectivity index is 2.44. The highest BCUT2D eigenvalue weighted by Gasteiger charge is 1.98. The average Bonchev–Trinajstić information content (AvgIpc) is 2.14. The van der Waals surface area contributed by atoms with Crippen molar-refractivity contribution in [1.82, 2.24) is 0 Å². The lowest BCUT2D eigenvalue weighted by molar-refractivity contribution is 0.286. The molecule has 1 rings (SSSR count). The van der Waals surface area contributed by atoms with Crippen molar-refractivity contribution in [2.45, 2.75) is 6.04 Å². The lowest BCUT2D eigenvalue weighted by Crippen LogP contribution is -2.01. The molecule has 0 fully saturated rings. The zero-order valence-corrected chi connectivity index (χ0v) is 3.91. The van der Waals surface area contributed by atoms with E-state index in [-0.39, 0.29) is 12.6 Å². The van der Waals surface area contributed by atoms with Crippen LogP contribution in [0.1, 0.15) is 0 Å². The first-order valence-electron chi connectivity index (χ1n) is 2.24. The molecule has 1 aliphatic rings. The van der Waals surface area contributed by atoms with Gasteiger partial charge in [0.1, 0.15) is 0 Å². The molecule has 0 amide bonds. The average molecular weight is 97.1 g/mol. The molecule has 0 radical (unpaired) electrons. The SMILES string of the molecule is OCC1C=CC=N1. The van der Waals surface area contributed by atoms with Crippen molar-refractivity contribution >= 4 is 6.21 Å². The normalized spacial score (nSPS) is 26.7. The smallest absolute Gasteiger partial charge is 0.0914 e. The Bertz CT molecular complexity index is 94.6. The first-order chi connectivity index (χ1) is 3.43. The second kappa shape index (κ2) is 1.89. The minimum absolute atomic E-state index is 0.0417. The quantitative estimate of drug-likeness (QED) is 0.490. The largest absolute Gasteiger partial charge is 0.394 e. The summed E-state index contributed by atoms with van der Waals surface area (Å²) in [7, 11) is 0. The third-order valence-corrected chi connectivity index (χ3v) is 0.884. The molecular formula is C5H7NO. The van der Waals surface area contributed by atoms with Gasteiger partial charge in [0.2, 0.25) is 0 Å². The second-order valence-electron chi connectivity index (χ2n) is 1.43. The second-order valence-corrected chi connectivity index (χ2v) is 1.43. The summed E-state index contributed by atoms with van der Waals surface area (Å²) in [6, 6.07) is 0.0417. The standard InChI is InChI=1S/C5H7NO/c7-4-5-2-1-3-6-5/h1-3,5,7H,4H2. The van der Waals surface area contributed by atoms with Crippen LogP contribution in [0.3, 0.4) is 0 Å². The van der Waals surface area contributed by atoms with Crippen LogP contribution in [0, 0.1) is 0 Å². The van der Waals surface area contributed by atoms with E-state index >= 15 is 0 Å². The molecule has 1 atom stereocenters. The maximum absolute atomic E-state index is 8.40. The third kappa shape index (κ3) is 0.871. The van der Waals surface area contributed by atoms with Gasteiger partial charge in [-0.1, -0.05) is 6.08 Å². The van der Waals surface area contributed by atoms with E-state index in [2.05, 4.69) is 4.99 Å². The van der Waals surface area contributed by atoms with Crippen molar-refractivity contribution in [3.8, 4) is 0 Å². The molecule has 0 saturated heterocycles. The van der Waals surface area contributed by atoms with E-state index < -0.39 is 0 Å². The van der Waals surface area contributed by atoms with Crippen molar-refractivity contribution in [3.63, 3.8) is 0 Å². The van der Waals surface area contributed by atoms with Crippen LogP contribution in [0.4, 0.5) is 0 Å². The molecular weight excluding hydrogens is 90.1 g/mol. The molecule has 2 nitrogen and oxygen atoms in total. The lowest BCUT2D eigenvalue weighted by atomic mass is 10.3. The van der Waals surface area contributed by atoms with Crippen LogP contribution >= 0.6 is 0 Å². The summed E-state index contributed by atoms with van der Waals surface area (Å²) >= 11 is 0. The Hall–Kier alpha value is -0.630. The Kier molecular flexibility index (Phi) is 1.22. The van der Waals surface area contributed by atoms with Crippen molar-refractivity contribution in [3.05, 3.63) is 12.2 Å². The molecule has 1 heterocycles. The predicted octanol–water partition coefficient (Wildman–Crippen LogP) is -0.0121. The maximum atomic E-state index is 8.40. The molecule has 1 unspecified atom stereocenters. The van der Waals surface area contributed by atoms with Crippen LogP contribution in [0.5, 0.6) is 0 Å². The first kappa shape index (κ1) is 4.53. The number of hydrogen-bond donors (Lipinski definition) is 1. The van der Waals surface area contributed by atoms with Gasteiger partial charge in [0, 0.05) is 6.21 Å². The molecule has 0 aromatic rings. The van der Waals surface area contributed by atoms with E-state index in [0.29, 0.717) is 0 Å². The summed E-state index contributed by atoms with van der Waals surface area (Å²) in [6.45, 7) is 0.132. The topological polar surface area (TPSA) is 32.6 Å². The fraction of sp³-hybridized carbons (Fsp3) is 0.400. The Labute approximate surface area is 42.2 Å². The molecule has 0 aliphatic carbocycles. The number of nitrogens with zero attached hydrogens (tertiary/aromatic N) is 1. The molecule has 0 bridgehead atoms. The lowest BCUT2D eigenvalue weighted by Gasteiger charge is -1.92. The number of rotatable bonds is 1. The zero-order valence-electron chi connectivity index (χ0n) is 3.91. The summed E-state index contributed by atoms with van der Waals surface area (Å²) in [6.07, 6.45) is 5.39. The van der Waals surface area contributed by atoms with E-state index in [4.69, 9.17) is 5.11 Å². The summed E-state index contributed by atoms with van der Waals surface area (Å²) in [5.74, 6) is 0. The molecule has 2 heteroatoms. The highest BCUT2D eigenvalue weighted by Crippen LogP contribution is 1.95. The van der Waals surface area contributed by atoms with Crippen molar-refractivity contribution in [2.75, 3.05) is 6.61 Å². The predicted molar refractivity (Wildman–Crippen MR) is 28.5 cm³/mol. The van der Waals surface area contributed by atoms with E-state index in [0.717, 1.165) is 0 Å². The molecule has 0 aromatic heterocycles. The summed E-state index contributed by atoms with van der Waals surface area (Å²) in [5, 5.41) is 8.40. The molecule has 0 spiro atoms. The Morgan fingerprint density at radius 3 is 2.86 bits per heavy atom. The van der Waals surface area contributed by atoms with Crippen molar-refractivity contribution < 1.29 is 5.11 Å². The van der Waals surface area contributed by atoms with E-state index in [1.54, 1.807) is 6.21 Å². The van der Waals surface area contributed by atoms with Gasteiger partial charge in [-0.05, 0) is 6.08 Å². The van der Waals surface area contributed by atoms with E-state index in [1.807, 2.05) is 12.2 Å². The minimum Gasteiger partial charge on any atom is -0.394 e. The van der Waals surface area contributed by atoms with Crippen LogP contribution in [0.2, 0.25) is 0 Å². The molecule has 1 N–H and O–H groups in total. The fourth-order valence-electron chi connectivity index (χ4n) is 0.496. The number of hydrogen-bond acceptors (Lipinski definition) is 2. The summed E-state index contributed by atoms with van der Waals surface area (Å²) in [5.41, 5.74) is 0. The van der Waals surface area contributed by atoms with Gasteiger partial charge in [-0.15, -0.1) is 0 Å². The summed E-state index contributed by atoms with van der Waals surface area (Å²) in [4.78, 5) is 3.87. The molecule has 38 valence electrons. The van der Waals surface area contributed by atoms with Gasteiger partial charge in [0.15, 0.2) is 0 Å². The number of aliphatic hydroxyl groups excluding tert-OH is 1. The molecule has 0 aromatic carbocycles. The number of aliphatic imine (C=N–C) groups is 1. The van der Waals surface area contributed by atoms with Crippen LogP contribution < -0.4 is 0 Å². The van der Waals surface area contributed by atoms with Gasteiger partial charge in [-0.3, -0.25) is 4.99 Å². The van der Waals surface area contributed by atoms with Gasteiger partial charge in [0.05, 0.1) is 12.6 Å². The van der Waals surface area contributed by atoms with Gasteiger partial charge < -0.3 is 5.11 Å². The van der Waals surface area contributed by atoms with Gasteiger partial charge in [0.25, 0.3) is 0 Å². The molecule has 1 aliphatic heterocycles. The summed E-state index contributed by atoms with van der Waals surface area (Å²) < 4.78 is 0. The van der Waals surface area contributed by atoms with Crippen LogP contribution in [0.25, 0.3) is 0 Å². The van der Waals surface area contributed by atoms with Gasteiger partial charge in [-0.25, -0.2) is 0 Å². The number of allylic oxidation sites excluding steroid dienone is 1. The van der Waals surface area contributed by atoms with Crippen molar-refractivity contribution in [1.29, 1.82) is 0 Å². The van der Waals surface area contributed by atoms with Crippen LogP contribution in [0.15, 0.2) is 17.1 Å². The fourth-order valence-corrected chi connectivity index (χ4v) is 0.496. The maximum Gasteiger partial charge on any atom is 0.0914 e. The van der Waals surface area contributed by atoms with E-state index in [9.17, 15) is 0 Å². The third-order valence-electron chi connectivity index (χ3n) is 0.884.